The third-order valence-corrected chi connectivity index (χ3v) is 6.14. The van der Waals surface area contributed by atoms with E-state index in [-0.39, 0.29) is 23.3 Å². The lowest BCUT2D eigenvalue weighted by atomic mass is 9.75. The average Bonchev–Trinajstić information content (AvgIpc) is 3.18. The number of Topliss-reactive ketones (excluding diaryl/α,β-unsaturated/α-hetero) is 1. The number of alkyl halides is 3. The van der Waals surface area contributed by atoms with Crippen molar-refractivity contribution < 1.29 is 22.8 Å². The first-order valence-electron chi connectivity index (χ1n) is 11.6. The molecule has 1 amide bonds. The molecular formula is C27H27F3N4O2. The molecule has 1 aromatic carbocycles. The number of fused-ring (bicyclic) bond motifs is 1. The highest BCUT2D eigenvalue weighted by molar-refractivity contribution is 6.00. The normalized spacial score (nSPS) is 14.9. The zero-order valence-electron chi connectivity index (χ0n) is 20.2. The van der Waals surface area contributed by atoms with Gasteiger partial charge >= 0.3 is 6.18 Å². The van der Waals surface area contributed by atoms with Gasteiger partial charge in [0, 0.05) is 19.2 Å². The first-order valence-corrected chi connectivity index (χ1v) is 11.6. The van der Waals surface area contributed by atoms with Gasteiger partial charge in [-0.2, -0.15) is 18.3 Å². The summed E-state index contributed by atoms with van der Waals surface area (Å²) in [7, 11) is 0. The molecule has 0 radical (unpaired) electrons. The predicted octanol–water partition coefficient (Wildman–Crippen LogP) is 5.49. The zero-order valence-corrected chi connectivity index (χ0v) is 20.2. The van der Waals surface area contributed by atoms with Gasteiger partial charge in [0.25, 0.3) is 5.91 Å². The number of amides is 1. The number of ketones is 1. The molecule has 36 heavy (non-hydrogen) atoms. The fourth-order valence-electron chi connectivity index (χ4n) is 4.42. The van der Waals surface area contributed by atoms with Crippen molar-refractivity contribution in [2.45, 2.75) is 52.3 Å². The van der Waals surface area contributed by atoms with Crippen LogP contribution in [0.2, 0.25) is 0 Å². The SMILES string of the molecule is C=CCCc1nn(-c2ccc(C(=O)NCc3cccc(C(F)(F)F)c3)cn2)c2c1C(=O)CC(C)(C)C2. The highest BCUT2D eigenvalue weighted by atomic mass is 19.4. The Kier molecular flexibility index (Phi) is 6.84. The molecule has 0 aliphatic heterocycles. The first kappa shape index (κ1) is 25.3. The molecule has 2 heterocycles. The maximum atomic E-state index is 12.9. The molecule has 0 atom stereocenters. The van der Waals surface area contributed by atoms with Gasteiger partial charge in [0.2, 0.25) is 0 Å². The molecule has 0 unspecified atom stereocenters. The Balaban J connectivity index is 1.54. The van der Waals surface area contributed by atoms with Gasteiger partial charge < -0.3 is 5.32 Å². The summed E-state index contributed by atoms with van der Waals surface area (Å²) >= 11 is 0. The van der Waals surface area contributed by atoms with E-state index in [0.717, 1.165) is 23.5 Å². The third-order valence-electron chi connectivity index (χ3n) is 6.14. The smallest absolute Gasteiger partial charge is 0.348 e. The van der Waals surface area contributed by atoms with Crippen molar-refractivity contribution in [3.05, 3.63) is 88.9 Å². The number of carbonyl (C=O) groups excluding carboxylic acids is 2. The number of benzene rings is 1. The van der Waals surface area contributed by atoms with Crippen LogP contribution in [0.5, 0.6) is 0 Å². The quantitative estimate of drug-likeness (QED) is 0.439. The van der Waals surface area contributed by atoms with Gasteiger partial charge in [0.15, 0.2) is 11.6 Å². The molecule has 0 saturated heterocycles. The minimum absolute atomic E-state index is 0.0545. The fourth-order valence-corrected chi connectivity index (χ4v) is 4.42. The van der Waals surface area contributed by atoms with Crippen LogP contribution >= 0.6 is 0 Å². The van der Waals surface area contributed by atoms with E-state index in [4.69, 9.17) is 0 Å². The number of pyridine rings is 1. The summed E-state index contributed by atoms with van der Waals surface area (Å²) in [6, 6.07) is 8.05. The Labute approximate surface area is 207 Å². The van der Waals surface area contributed by atoms with Crippen LogP contribution in [0.3, 0.4) is 0 Å². The number of hydrogen-bond acceptors (Lipinski definition) is 4. The number of nitrogens with zero attached hydrogens (tertiary/aromatic N) is 3. The summed E-state index contributed by atoms with van der Waals surface area (Å²) in [6.45, 7) is 7.78. The van der Waals surface area contributed by atoms with E-state index in [1.165, 1.54) is 18.3 Å². The van der Waals surface area contributed by atoms with Crippen LogP contribution in [-0.2, 0) is 25.6 Å². The van der Waals surface area contributed by atoms with Crippen LogP contribution in [0.15, 0.2) is 55.3 Å². The molecule has 188 valence electrons. The van der Waals surface area contributed by atoms with Crippen molar-refractivity contribution in [1.29, 1.82) is 0 Å². The molecule has 4 rings (SSSR count). The number of aromatic nitrogens is 3. The maximum absolute atomic E-state index is 12.9. The van der Waals surface area contributed by atoms with E-state index in [1.54, 1.807) is 22.9 Å². The molecule has 6 nitrogen and oxygen atoms in total. The lowest BCUT2D eigenvalue weighted by Gasteiger charge is -2.29. The molecule has 1 aliphatic carbocycles. The van der Waals surface area contributed by atoms with Crippen LogP contribution in [0.25, 0.3) is 5.82 Å². The third kappa shape index (κ3) is 5.40. The zero-order chi connectivity index (χ0) is 26.1. The molecular weight excluding hydrogens is 469 g/mol. The molecule has 0 saturated carbocycles. The van der Waals surface area contributed by atoms with Crippen molar-refractivity contribution >= 4 is 11.7 Å². The topological polar surface area (TPSA) is 76.9 Å². The summed E-state index contributed by atoms with van der Waals surface area (Å²) in [4.78, 5) is 29.9. The maximum Gasteiger partial charge on any atom is 0.416 e. The summed E-state index contributed by atoms with van der Waals surface area (Å²) in [5.74, 6) is 0.0881. The molecule has 1 N–H and O–H groups in total. The van der Waals surface area contributed by atoms with Crippen LogP contribution in [0, 0.1) is 5.41 Å². The van der Waals surface area contributed by atoms with Gasteiger partial charge in [0.05, 0.1) is 28.1 Å². The van der Waals surface area contributed by atoms with Crippen molar-refractivity contribution in [2.24, 2.45) is 5.41 Å². The first-order chi connectivity index (χ1) is 17.0. The number of halogens is 3. The van der Waals surface area contributed by atoms with E-state index >= 15 is 0 Å². The molecule has 2 aromatic heterocycles. The van der Waals surface area contributed by atoms with Crippen LogP contribution in [0.1, 0.15) is 69.9 Å². The Morgan fingerprint density at radius 2 is 2.00 bits per heavy atom. The van der Waals surface area contributed by atoms with Crippen molar-refractivity contribution in [2.75, 3.05) is 0 Å². The minimum atomic E-state index is -4.45. The number of aryl methyl sites for hydroxylation is 1. The molecule has 1 aliphatic rings. The molecule has 0 fully saturated rings. The second kappa shape index (κ2) is 9.72. The predicted molar refractivity (Wildman–Crippen MR) is 129 cm³/mol. The highest BCUT2D eigenvalue weighted by Crippen LogP contribution is 2.37. The van der Waals surface area contributed by atoms with E-state index in [1.807, 2.05) is 13.8 Å². The van der Waals surface area contributed by atoms with Crippen LogP contribution < -0.4 is 5.32 Å². The summed E-state index contributed by atoms with van der Waals surface area (Å²) in [5, 5.41) is 7.31. The second-order valence-corrected chi connectivity index (χ2v) is 9.73. The van der Waals surface area contributed by atoms with Crippen LogP contribution in [-0.4, -0.2) is 26.5 Å². The molecule has 3 aromatic rings. The number of nitrogens with one attached hydrogen (secondary N) is 1. The van der Waals surface area contributed by atoms with Crippen LogP contribution in [0.4, 0.5) is 13.2 Å². The fraction of sp³-hybridized carbons (Fsp3) is 0.333. The lowest BCUT2D eigenvalue weighted by Crippen LogP contribution is -2.28. The highest BCUT2D eigenvalue weighted by Gasteiger charge is 2.36. The number of allylic oxidation sites excluding steroid dienone is 1. The average molecular weight is 497 g/mol. The van der Waals surface area contributed by atoms with Crippen molar-refractivity contribution in [3.63, 3.8) is 0 Å². The van der Waals surface area contributed by atoms with E-state index in [2.05, 4.69) is 22.0 Å². The standard InChI is InChI=1S/C27H27F3N4O2/c1-4-5-9-20-24-21(13-26(2,3)14-22(24)35)34(33-20)23-11-10-18(16-31-23)25(36)32-15-17-7-6-8-19(12-17)27(28,29)30/h4,6-8,10-12,16H,1,5,9,13-15H2,2-3H3,(H,32,36). The number of carbonyl (C=O) groups is 2. The monoisotopic (exact) mass is 496 g/mol. The summed E-state index contributed by atoms with van der Waals surface area (Å²) in [5.41, 5.74) is 1.80. The molecule has 0 bridgehead atoms. The number of rotatable bonds is 7. The minimum Gasteiger partial charge on any atom is -0.348 e. The molecule has 9 heteroatoms. The summed E-state index contributed by atoms with van der Waals surface area (Å²) in [6.07, 6.45) is 1.13. The Bertz CT molecular complexity index is 1310. The van der Waals surface area contributed by atoms with E-state index in [0.29, 0.717) is 42.6 Å². The van der Waals surface area contributed by atoms with E-state index in [9.17, 15) is 22.8 Å². The lowest BCUT2D eigenvalue weighted by molar-refractivity contribution is -0.137. The van der Waals surface area contributed by atoms with Crippen molar-refractivity contribution in [3.8, 4) is 5.82 Å². The second-order valence-electron chi connectivity index (χ2n) is 9.73. The number of hydrogen-bond donors (Lipinski definition) is 1. The summed E-state index contributed by atoms with van der Waals surface area (Å²) < 4.78 is 40.4. The van der Waals surface area contributed by atoms with Gasteiger partial charge in [-0.3, -0.25) is 9.59 Å². The van der Waals surface area contributed by atoms with E-state index < -0.39 is 17.6 Å². The van der Waals surface area contributed by atoms with Gasteiger partial charge in [-0.05, 0) is 54.5 Å². The van der Waals surface area contributed by atoms with Gasteiger partial charge in [-0.1, -0.05) is 32.1 Å². The van der Waals surface area contributed by atoms with Crippen molar-refractivity contribution in [1.82, 2.24) is 20.1 Å². The Morgan fingerprint density at radius 1 is 1.22 bits per heavy atom. The largest absolute Gasteiger partial charge is 0.416 e. The van der Waals surface area contributed by atoms with Gasteiger partial charge in [0.1, 0.15) is 0 Å². The van der Waals surface area contributed by atoms with Gasteiger partial charge in [-0.15, -0.1) is 6.58 Å². The Hall–Kier alpha value is -3.75. The molecule has 0 spiro atoms. The van der Waals surface area contributed by atoms with Gasteiger partial charge in [-0.25, -0.2) is 9.67 Å². The Morgan fingerprint density at radius 3 is 2.67 bits per heavy atom.